The lowest BCUT2D eigenvalue weighted by Crippen LogP contribution is -1.97. The van der Waals surface area contributed by atoms with Gasteiger partial charge in [-0.1, -0.05) is 0 Å². The van der Waals surface area contributed by atoms with E-state index in [2.05, 4.69) is 36.8 Å². The number of pyridine rings is 1. The van der Waals surface area contributed by atoms with Crippen molar-refractivity contribution in [2.75, 3.05) is 0 Å². The van der Waals surface area contributed by atoms with Gasteiger partial charge in [0.05, 0.1) is 0 Å². The van der Waals surface area contributed by atoms with Crippen LogP contribution in [0.1, 0.15) is 5.56 Å². The Bertz CT molecular complexity index is 242. The molecule has 0 unspecified atom stereocenters. The van der Waals surface area contributed by atoms with Crippen LogP contribution in [0.15, 0.2) is 21.3 Å². The topological polar surface area (TPSA) is 38.9 Å². The lowest BCUT2D eigenvalue weighted by molar-refractivity contribution is 1.04. The van der Waals surface area contributed by atoms with Crippen LogP contribution in [-0.4, -0.2) is 4.98 Å². The average molecular weight is 302 g/mol. The zero-order chi connectivity index (χ0) is 7.56. The van der Waals surface area contributed by atoms with Gasteiger partial charge in [0.15, 0.2) is 0 Å². The highest BCUT2D eigenvalue weighted by molar-refractivity contribution is 9.11. The van der Waals surface area contributed by atoms with E-state index in [1.54, 1.807) is 6.20 Å². The Morgan fingerprint density at radius 3 is 2.55 bits per heavy atom. The van der Waals surface area contributed by atoms with Gasteiger partial charge in [-0.2, -0.15) is 0 Å². The van der Waals surface area contributed by atoms with Gasteiger partial charge in [0.25, 0.3) is 0 Å². The molecule has 0 aliphatic carbocycles. The van der Waals surface area contributed by atoms with E-state index >= 15 is 0 Å². The summed E-state index contributed by atoms with van der Waals surface area (Å²) in [5, 5.41) is 0. The standard InChI is InChI=1S/C6H6Br2N2.ClH/c7-5-3-10-6(8)1-4(5)2-9;/h1,3H,2,9H2;1H. The minimum absolute atomic E-state index is 0. The molecule has 0 aliphatic heterocycles. The number of rotatable bonds is 1. The van der Waals surface area contributed by atoms with E-state index in [1.165, 1.54) is 0 Å². The van der Waals surface area contributed by atoms with Gasteiger partial charge in [-0.3, -0.25) is 0 Å². The van der Waals surface area contributed by atoms with Gasteiger partial charge >= 0.3 is 0 Å². The molecule has 1 heterocycles. The summed E-state index contributed by atoms with van der Waals surface area (Å²) in [5.41, 5.74) is 6.50. The van der Waals surface area contributed by atoms with Gasteiger partial charge in [0.2, 0.25) is 0 Å². The van der Waals surface area contributed by atoms with Gasteiger partial charge in [-0.05, 0) is 43.5 Å². The number of hydrogen-bond acceptors (Lipinski definition) is 2. The fourth-order valence-corrected chi connectivity index (χ4v) is 1.37. The summed E-state index contributed by atoms with van der Waals surface area (Å²) in [6.07, 6.45) is 1.73. The van der Waals surface area contributed by atoms with Crippen LogP contribution in [0.25, 0.3) is 0 Å². The highest BCUT2D eigenvalue weighted by atomic mass is 79.9. The molecule has 1 aromatic rings. The van der Waals surface area contributed by atoms with E-state index in [9.17, 15) is 0 Å². The van der Waals surface area contributed by atoms with Crippen LogP contribution in [0.2, 0.25) is 0 Å². The van der Waals surface area contributed by atoms with Crippen LogP contribution >= 0.6 is 44.3 Å². The molecule has 1 aromatic heterocycles. The average Bonchev–Trinajstić information content (AvgIpc) is 1.94. The molecule has 0 bridgehead atoms. The lowest BCUT2D eigenvalue weighted by atomic mass is 10.3. The van der Waals surface area contributed by atoms with Crippen molar-refractivity contribution < 1.29 is 0 Å². The van der Waals surface area contributed by atoms with Gasteiger partial charge in [0, 0.05) is 17.2 Å². The Hall–Kier alpha value is 0.360. The van der Waals surface area contributed by atoms with E-state index in [4.69, 9.17) is 5.73 Å². The summed E-state index contributed by atoms with van der Waals surface area (Å²) in [6, 6.07) is 1.89. The van der Waals surface area contributed by atoms with E-state index in [-0.39, 0.29) is 12.4 Å². The maximum atomic E-state index is 5.44. The Morgan fingerprint density at radius 2 is 2.09 bits per heavy atom. The van der Waals surface area contributed by atoms with Crippen LogP contribution < -0.4 is 5.73 Å². The predicted molar refractivity (Wildman–Crippen MR) is 54.8 cm³/mol. The molecule has 0 fully saturated rings. The number of nitrogens with zero attached hydrogens (tertiary/aromatic N) is 1. The molecule has 0 atom stereocenters. The summed E-state index contributed by atoms with van der Waals surface area (Å²) >= 11 is 6.58. The van der Waals surface area contributed by atoms with Crippen molar-refractivity contribution in [2.45, 2.75) is 6.54 Å². The quantitative estimate of drug-likeness (QED) is 0.810. The SMILES string of the molecule is Cl.NCc1cc(Br)ncc1Br. The Kier molecular flexibility index (Phi) is 5.25. The molecule has 0 radical (unpaired) electrons. The predicted octanol–water partition coefficient (Wildman–Crippen LogP) is 2.49. The number of hydrogen-bond donors (Lipinski definition) is 1. The Balaban J connectivity index is 0.000001000. The van der Waals surface area contributed by atoms with E-state index < -0.39 is 0 Å². The lowest BCUT2D eigenvalue weighted by Gasteiger charge is -1.98. The molecule has 0 amide bonds. The van der Waals surface area contributed by atoms with E-state index in [0.29, 0.717) is 6.54 Å². The molecule has 5 heteroatoms. The number of nitrogens with two attached hydrogens (primary N) is 1. The van der Waals surface area contributed by atoms with Crippen molar-refractivity contribution in [1.29, 1.82) is 0 Å². The first-order valence-electron chi connectivity index (χ1n) is 2.74. The maximum absolute atomic E-state index is 5.44. The normalized spacial score (nSPS) is 9.00. The zero-order valence-electron chi connectivity index (χ0n) is 5.55. The third-order valence-corrected chi connectivity index (χ3v) is 2.27. The Labute approximate surface area is 88.2 Å². The second-order valence-corrected chi connectivity index (χ2v) is 3.47. The van der Waals surface area contributed by atoms with Gasteiger partial charge in [0.1, 0.15) is 4.60 Å². The minimum atomic E-state index is 0. The smallest absolute Gasteiger partial charge is 0.106 e. The van der Waals surface area contributed by atoms with Gasteiger partial charge < -0.3 is 5.73 Å². The van der Waals surface area contributed by atoms with Crippen molar-refractivity contribution in [3.63, 3.8) is 0 Å². The van der Waals surface area contributed by atoms with Crippen LogP contribution in [0.3, 0.4) is 0 Å². The highest BCUT2D eigenvalue weighted by Crippen LogP contribution is 2.17. The van der Waals surface area contributed by atoms with Crippen molar-refractivity contribution in [1.82, 2.24) is 4.98 Å². The van der Waals surface area contributed by atoms with Crippen LogP contribution in [0.5, 0.6) is 0 Å². The third kappa shape index (κ3) is 3.07. The van der Waals surface area contributed by atoms with Crippen molar-refractivity contribution in [3.05, 3.63) is 26.9 Å². The van der Waals surface area contributed by atoms with Crippen molar-refractivity contribution in [3.8, 4) is 0 Å². The molecule has 2 N–H and O–H groups in total. The van der Waals surface area contributed by atoms with Crippen LogP contribution in [0.4, 0.5) is 0 Å². The number of halogens is 3. The summed E-state index contributed by atoms with van der Waals surface area (Å²) in [6.45, 7) is 0.529. The fraction of sp³-hybridized carbons (Fsp3) is 0.167. The monoisotopic (exact) mass is 300 g/mol. The third-order valence-electron chi connectivity index (χ3n) is 1.12. The minimum Gasteiger partial charge on any atom is -0.326 e. The molecule has 11 heavy (non-hydrogen) atoms. The molecule has 2 nitrogen and oxygen atoms in total. The van der Waals surface area contributed by atoms with E-state index in [1.807, 2.05) is 6.07 Å². The molecule has 0 saturated heterocycles. The summed E-state index contributed by atoms with van der Waals surface area (Å²) in [7, 11) is 0. The van der Waals surface area contributed by atoms with Gasteiger partial charge in [-0.25, -0.2) is 4.98 Å². The highest BCUT2D eigenvalue weighted by Gasteiger charge is 1.97. The first kappa shape index (κ1) is 11.4. The van der Waals surface area contributed by atoms with E-state index in [0.717, 1.165) is 14.6 Å². The number of aromatic nitrogens is 1. The van der Waals surface area contributed by atoms with Gasteiger partial charge in [-0.15, -0.1) is 12.4 Å². The second kappa shape index (κ2) is 5.09. The summed E-state index contributed by atoms with van der Waals surface area (Å²) < 4.78 is 1.77. The largest absolute Gasteiger partial charge is 0.326 e. The molecule has 0 spiro atoms. The molecule has 1 rings (SSSR count). The zero-order valence-corrected chi connectivity index (χ0v) is 9.54. The Morgan fingerprint density at radius 1 is 1.45 bits per heavy atom. The molecular formula is C6H7Br2ClN2. The molecule has 0 saturated carbocycles. The molecular weight excluding hydrogens is 295 g/mol. The first-order chi connectivity index (χ1) is 4.74. The molecule has 0 aromatic carbocycles. The van der Waals surface area contributed by atoms with Crippen molar-refractivity contribution >= 4 is 44.3 Å². The second-order valence-electron chi connectivity index (χ2n) is 1.80. The molecule has 0 aliphatic rings. The molecule has 62 valence electrons. The first-order valence-corrected chi connectivity index (χ1v) is 4.32. The van der Waals surface area contributed by atoms with Crippen LogP contribution in [0, 0.1) is 0 Å². The van der Waals surface area contributed by atoms with Crippen LogP contribution in [-0.2, 0) is 6.54 Å². The maximum Gasteiger partial charge on any atom is 0.106 e. The summed E-state index contributed by atoms with van der Waals surface area (Å²) in [5.74, 6) is 0. The van der Waals surface area contributed by atoms with Crippen molar-refractivity contribution in [2.24, 2.45) is 5.73 Å². The fourth-order valence-electron chi connectivity index (χ4n) is 0.608. The summed E-state index contributed by atoms with van der Waals surface area (Å²) in [4.78, 5) is 4.00.